The third-order valence-corrected chi connectivity index (χ3v) is 6.58. The molecule has 0 atom stereocenters. The van der Waals surface area contributed by atoms with Gasteiger partial charge in [-0.05, 0) is 55.3 Å². The number of fused-ring (bicyclic) bond motifs is 1. The second-order valence-electron chi connectivity index (χ2n) is 8.61. The molecule has 4 aromatic rings. The van der Waals surface area contributed by atoms with Crippen LogP contribution in [-0.4, -0.2) is 29.0 Å². The minimum absolute atomic E-state index is 0.540. The molecule has 1 aliphatic rings. The van der Waals surface area contributed by atoms with E-state index < -0.39 is 0 Å². The van der Waals surface area contributed by atoms with Gasteiger partial charge in [-0.1, -0.05) is 78.3 Å². The third kappa shape index (κ3) is 5.02. The highest BCUT2D eigenvalue weighted by Crippen LogP contribution is 2.27. The number of aromatic nitrogens is 1. The van der Waals surface area contributed by atoms with Crippen LogP contribution in [0.15, 0.2) is 84.9 Å². The molecule has 4 heteroatoms. The molecule has 32 heavy (non-hydrogen) atoms. The van der Waals surface area contributed by atoms with E-state index in [9.17, 15) is 0 Å². The Kier molecular flexibility index (Phi) is 6.49. The Morgan fingerprint density at radius 1 is 0.875 bits per heavy atom. The van der Waals surface area contributed by atoms with E-state index in [2.05, 4.69) is 76.9 Å². The van der Waals surface area contributed by atoms with Crippen LogP contribution >= 0.6 is 11.6 Å². The van der Waals surface area contributed by atoms with Crippen molar-refractivity contribution in [2.45, 2.75) is 32.0 Å². The number of hydrogen-bond acceptors (Lipinski definition) is 3. The fourth-order valence-corrected chi connectivity index (χ4v) is 4.73. The lowest BCUT2D eigenvalue weighted by Crippen LogP contribution is -2.41. The van der Waals surface area contributed by atoms with Crippen molar-refractivity contribution in [2.24, 2.45) is 0 Å². The second-order valence-corrected chi connectivity index (χ2v) is 9.05. The molecular formula is C28H28ClN3. The van der Waals surface area contributed by atoms with Crippen molar-refractivity contribution >= 4 is 22.5 Å². The molecule has 0 aliphatic carbocycles. The topological polar surface area (TPSA) is 28.2 Å². The summed E-state index contributed by atoms with van der Waals surface area (Å²) in [4.78, 5) is 7.45. The summed E-state index contributed by atoms with van der Waals surface area (Å²) in [6, 6.07) is 29.9. The quantitative estimate of drug-likeness (QED) is 0.380. The maximum absolute atomic E-state index is 6.28. The molecule has 2 heterocycles. The van der Waals surface area contributed by atoms with Crippen molar-refractivity contribution in [1.82, 2.24) is 15.2 Å². The van der Waals surface area contributed by atoms with Crippen LogP contribution in [0.5, 0.6) is 0 Å². The van der Waals surface area contributed by atoms with E-state index in [0.29, 0.717) is 6.04 Å². The van der Waals surface area contributed by atoms with E-state index in [1.54, 1.807) is 0 Å². The molecule has 1 N–H and O–H groups in total. The van der Waals surface area contributed by atoms with Gasteiger partial charge in [0.25, 0.3) is 0 Å². The smallest absolute Gasteiger partial charge is 0.0727 e. The number of likely N-dealkylation sites (tertiary alicyclic amines) is 1. The molecule has 0 bridgehead atoms. The van der Waals surface area contributed by atoms with Gasteiger partial charge in [0.05, 0.1) is 11.2 Å². The molecule has 0 spiro atoms. The second kappa shape index (κ2) is 9.83. The van der Waals surface area contributed by atoms with E-state index >= 15 is 0 Å². The summed E-state index contributed by atoms with van der Waals surface area (Å²) in [6.07, 6.45) is 2.35. The summed E-state index contributed by atoms with van der Waals surface area (Å²) in [5.41, 5.74) is 5.75. The van der Waals surface area contributed by atoms with Gasteiger partial charge in [-0.15, -0.1) is 0 Å². The summed E-state index contributed by atoms with van der Waals surface area (Å²) < 4.78 is 0. The van der Waals surface area contributed by atoms with Gasteiger partial charge in [-0.2, -0.15) is 0 Å². The molecule has 0 saturated carbocycles. The lowest BCUT2D eigenvalue weighted by molar-refractivity contribution is 0.190. The molecule has 3 nitrogen and oxygen atoms in total. The summed E-state index contributed by atoms with van der Waals surface area (Å²) in [5.74, 6) is 0. The van der Waals surface area contributed by atoms with Crippen molar-refractivity contribution < 1.29 is 0 Å². The number of benzene rings is 3. The maximum Gasteiger partial charge on any atom is 0.0727 e. The number of hydrogen-bond donors (Lipinski definition) is 1. The van der Waals surface area contributed by atoms with E-state index in [1.807, 2.05) is 18.2 Å². The van der Waals surface area contributed by atoms with E-state index in [1.165, 1.54) is 29.4 Å². The van der Waals surface area contributed by atoms with Gasteiger partial charge in [0.2, 0.25) is 0 Å². The zero-order valence-electron chi connectivity index (χ0n) is 18.2. The largest absolute Gasteiger partial charge is 0.310 e. The zero-order valence-corrected chi connectivity index (χ0v) is 18.9. The number of pyridine rings is 1. The Balaban J connectivity index is 1.28. The Morgan fingerprint density at radius 2 is 1.59 bits per heavy atom. The average molecular weight is 442 g/mol. The monoisotopic (exact) mass is 441 g/mol. The SMILES string of the molecule is Clc1ccc2c(CNC3CCN(Cc4ccccc4)CC3)cc(-c3ccccc3)nc2c1. The van der Waals surface area contributed by atoms with Crippen LogP contribution in [0, 0.1) is 0 Å². The zero-order chi connectivity index (χ0) is 21.8. The normalized spacial score (nSPS) is 15.3. The molecule has 5 rings (SSSR count). The molecule has 0 radical (unpaired) electrons. The highest BCUT2D eigenvalue weighted by molar-refractivity contribution is 6.31. The van der Waals surface area contributed by atoms with Crippen LogP contribution in [0.2, 0.25) is 5.02 Å². The van der Waals surface area contributed by atoms with E-state index in [-0.39, 0.29) is 0 Å². The first-order valence-corrected chi connectivity index (χ1v) is 11.8. The minimum atomic E-state index is 0.540. The Labute approximate surface area is 195 Å². The van der Waals surface area contributed by atoms with Gasteiger partial charge in [-0.25, -0.2) is 4.98 Å². The van der Waals surface area contributed by atoms with E-state index in [0.717, 1.165) is 48.0 Å². The van der Waals surface area contributed by atoms with Gasteiger partial charge in [0, 0.05) is 35.1 Å². The highest BCUT2D eigenvalue weighted by Gasteiger charge is 2.19. The fourth-order valence-electron chi connectivity index (χ4n) is 4.57. The van der Waals surface area contributed by atoms with Crippen LogP contribution in [0.3, 0.4) is 0 Å². The van der Waals surface area contributed by atoms with Crippen molar-refractivity contribution in [1.29, 1.82) is 0 Å². The molecule has 3 aromatic carbocycles. The number of piperidine rings is 1. The molecule has 1 saturated heterocycles. The molecule has 1 aliphatic heterocycles. The first-order valence-electron chi connectivity index (χ1n) is 11.4. The molecule has 1 aromatic heterocycles. The maximum atomic E-state index is 6.28. The molecule has 0 unspecified atom stereocenters. The number of rotatable bonds is 6. The van der Waals surface area contributed by atoms with Crippen molar-refractivity contribution in [3.8, 4) is 11.3 Å². The molecule has 1 fully saturated rings. The Morgan fingerprint density at radius 3 is 2.34 bits per heavy atom. The predicted molar refractivity (Wildman–Crippen MR) is 134 cm³/mol. The van der Waals surface area contributed by atoms with Gasteiger partial charge < -0.3 is 5.32 Å². The van der Waals surface area contributed by atoms with Gasteiger partial charge >= 0.3 is 0 Å². The van der Waals surface area contributed by atoms with Gasteiger partial charge in [0.1, 0.15) is 0 Å². The minimum Gasteiger partial charge on any atom is -0.310 e. The fraction of sp³-hybridized carbons (Fsp3) is 0.250. The Hall–Kier alpha value is -2.72. The average Bonchev–Trinajstić information content (AvgIpc) is 2.84. The van der Waals surface area contributed by atoms with Crippen molar-refractivity contribution in [3.63, 3.8) is 0 Å². The van der Waals surface area contributed by atoms with Crippen molar-refractivity contribution in [3.05, 3.63) is 101 Å². The van der Waals surface area contributed by atoms with Crippen LogP contribution < -0.4 is 5.32 Å². The highest BCUT2D eigenvalue weighted by atomic mass is 35.5. The van der Waals surface area contributed by atoms with Crippen LogP contribution in [0.25, 0.3) is 22.2 Å². The van der Waals surface area contributed by atoms with Gasteiger partial charge in [0.15, 0.2) is 0 Å². The third-order valence-electron chi connectivity index (χ3n) is 6.34. The summed E-state index contributed by atoms with van der Waals surface area (Å²) >= 11 is 6.28. The summed E-state index contributed by atoms with van der Waals surface area (Å²) in [6.45, 7) is 4.15. The summed E-state index contributed by atoms with van der Waals surface area (Å²) in [5, 5.41) is 5.71. The van der Waals surface area contributed by atoms with Crippen LogP contribution in [0.1, 0.15) is 24.0 Å². The lowest BCUT2D eigenvalue weighted by Gasteiger charge is -2.32. The van der Waals surface area contributed by atoms with Crippen molar-refractivity contribution in [2.75, 3.05) is 13.1 Å². The first-order chi connectivity index (χ1) is 15.7. The molecule has 162 valence electrons. The number of halogens is 1. The van der Waals surface area contributed by atoms with Crippen LogP contribution in [-0.2, 0) is 13.1 Å². The summed E-state index contributed by atoms with van der Waals surface area (Å²) in [7, 11) is 0. The Bertz CT molecular complexity index is 1170. The number of nitrogens with one attached hydrogen (secondary N) is 1. The predicted octanol–water partition coefficient (Wildman–Crippen LogP) is 6.31. The number of nitrogens with zero attached hydrogens (tertiary/aromatic N) is 2. The van der Waals surface area contributed by atoms with E-state index in [4.69, 9.17) is 16.6 Å². The van der Waals surface area contributed by atoms with Gasteiger partial charge in [-0.3, -0.25) is 4.90 Å². The first kappa shape index (κ1) is 21.1. The lowest BCUT2D eigenvalue weighted by atomic mass is 10.0. The molecule has 0 amide bonds. The molecular weight excluding hydrogens is 414 g/mol. The van der Waals surface area contributed by atoms with Crippen LogP contribution in [0.4, 0.5) is 0 Å². The standard InChI is InChI=1S/C28H28ClN3/c29-24-11-12-26-23(17-27(31-28(26)18-24)22-9-5-2-6-10-22)19-30-25-13-15-32(16-14-25)20-21-7-3-1-4-8-21/h1-12,17-18,25,30H,13-16,19-20H2.